The lowest BCUT2D eigenvalue weighted by molar-refractivity contribution is 0.0355. The molecule has 0 saturated heterocycles. The summed E-state index contributed by atoms with van der Waals surface area (Å²) in [5.41, 5.74) is 3.15. The summed E-state index contributed by atoms with van der Waals surface area (Å²) in [5.74, 6) is 0.234. The first kappa shape index (κ1) is 14.4. The maximum absolute atomic E-state index is 12.0. The van der Waals surface area contributed by atoms with Gasteiger partial charge in [-0.15, -0.1) is 16.4 Å². The molecule has 22 heavy (non-hydrogen) atoms. The molecule has 0 aliphatic carbocycles. The molecular formula is C15H14N4O2S. The lowest BCUT2D eigenvalue weighted by Gasteiger charge is -2.03. The van der Waals surface area contributed by atoms with Crippen LogP contribution < -0.4 is 5.48 Å². The van der Waals surface area contributed by atoms with Gasteiger partial charge in [-0.1, -0.05) is 24.3 Å². The average molecular weight is 314 g/mol. The molecule has 3 rings (SSSR count). The second-order valence-electron chi connectivity index (χ2n) is 4.35. The number of carbonyl (C=O) groups is 1. The molecule has 6 nitrogen and oxygen atoms in total. The summed E-state index contributed by atoms with van der Waals surface area (Å²) < 4.78 is 1.66. The van der Waals surface area contributed by atoms with E-state index < -0.39 is 5.91 Å². The number of para-hydroxylation sites is 1. The molecular weight excluding hydrogens is 300 g/mol. The van der Waals surface area contributed by atoms with Gasteiger partial charge in [0, 0.05) is 0 Å². The number of nitrogens with one attached hydrogen (secondary N) is 1. The molecule has 2 heterocycles. The highest BCUT2D eigenvalue weighted by Crippen LogP contribution is 2.25. The van der Waals surface area contributed by atoms with Gasteiger partial charge in [-0.05, 0) is 30.5 Å². The molecule has 7 heteroatoms. The third kappa shape index (κ3) is 2.90. The highest BCUT2D eigenvalue weighted by atomic mass is 32.1. The van der Waals surface area contributed by atoms with E-state index in [0.29, 0.717) is 12.4 Å². The van der Waals surface area contributed by atoms with Crippen LogP contribution in [0.2, 0.25) is 0 Å². The standard InChI is InChI=1S/C15H14N4O2S/c1-2-21-18-15(20)13-16-14(12-9-6-10-22-12)19(17-13)11-7-4-3-5-8-11/h3-10H,2H2,1H3,(H,18,20). The van der Waals surface area contributed by atoms with Gasteiger partial charge in [0.15, 0.2) is 5.82 Å². The number of aromatic nitrogens is 3. The SMILES string of the molecule is CCONC(=O)c1nc(-c2cccs2)n(-c2ccccc2)n1. The number of amides is 1. The van der Waals surface area contributed by atoms with E-state index in [9.17, 15) is 4.79 Å². The summed E-state index contributed by atoms with van der Waals surface area (Å²) >= 11 is 1.54. The topological polar surface area (TPSA) is 69.0 Å². The predicted molar refractivity (Wildman–Crippen MR) is 83.8 cm³/mol. The monoisotopic (exact) mass is 314 g/mol. The fraction of sp³-hybridized carbons (Fsp3) is 0.133. The fourth-order valence-corrected chi connectivity index (χ4v) is 2.60. The van der Waals surface area contributed by atoms with Crippen LogP contribution in [-0.2, 0) is 4.84 Å². The van der Waals surface area contributed by atoms with E-state index >= 15 is 0 Å². The zero-order valence-corrected chi connectivity index (χ0v) is 12.7. The van der Waals surface area contributed by atoms with Crippen LogP contribution in [0.25, 0.3) is 16.4 Å². The molecule has 0 spiro atoms. The van der Waals surface area contributed by atoms with Crippen LogP contribution in [0.4, 0.5) is 0 Å². The molecule has 2 aromatic heterocycles. The summed E-state index contributed by atoms with van der Waals surface area (Å²) in [5, 5.41) is 6.27. The number of carbonyl (C=O) groups excluding carboxylic acids is 1. The Labute approximate surface area is 131 Å². The van der Waals surface area contributed by atoms with Gasteiger partial charge in [0.1, 0.15) is 0 Å². The Hall–Kier alpha value is -2.51. The van der Waals surface area contributed by atoms with E-state index in [-0.39, 0.29) is 5.82 Å². The predicted octanol–water partition coefficient (Wildman–Crippen LogP) is 2.68. The van der Waals surface area contributed by atoms with Crippen molar-refractivity contribution in [2.45, 2.75) is 6.92 Å². The molecule has 1 N–H and O–H groups in total. The van der Waals surface area contributed by atoms with Gasteiger partial charge in [0.05, 0.1) is 17.2 Å². The van der Waals surface area contributed by atoms with Crippen molar-refractivity contribution in [3.63, 3.8) is 0 Å². The zero-order valence-electron chi connectivity index (χ0n) is 11.9. The molecule has 1 aromatic carbocycles. The first-order valence-electron chi connectivity index (χ1n) is 6.78. The van der Waals surface area contributed by atoms with Crippen molar-refractivity contribution in [3.8, 4) is 16.4 Å². The van der Waals surface area contributed by atoms with E-state index in [1.807, 2.05) is 47.8 Å². The average Bonchev–Trinajstić information content (AvgIpc) is 3.22. The summed E-state index contributed by atoms with van der Waals surface area (Å²) in [6.07, 6.45) is 0. The molecule has 0 aliphatic rings. The molecule has 3 aromatic rings. The van der Waals surface area contributed by atoms with Crippen LogP contribution in [0.1, 0.15) is 17.5 Å². The lowest BCUT2D eigenvalue weighted by Crippen LogP contribution is -2.24. The van der Waals surface area contributed by atoms with E-state index in [4.69, 9.17) is 4.84 Å². The molecule has 0 aliphatic heterocycles. The Bertz CT molecular complexity index is 753. The summed E-state index contributed by atoms with van der Waals surface area (Å²) in [7, 11) is 0. The number of nitrogens with zero attached hydrogens (tertiary/aromatic N) is 3. The Morgan fingerprint density at radius 1 is 1.27 bits per heavy atom. The van der Waals surface area contributed by atoms with Crippen molar-refractivity contribution in [2.24, 2.45) is 0 Å². The normalized spacial score (nSPS) is 10.6. The second kappa shape index (κ2) is 6.50. The summed E-state index contributed by atoms with van der Waals surface area (Å²) in [4.78, 5) is 22.2. The number of benzene rings is 1. The van der Waals surface area contributed by atoms with Crippen molar-refractivity contribution < 1.29 is 9.63 Å². The van der Waals surface area contributed by atoms with E-state index in [1.165, 1.54) is 0 Å². The highest BCUT2D eigenvalue weighted by Gasteiger charge is 2.19. The Balaban J connectivity index is 2.04. The number of rotatable bonds is 5. The van der Waals surface area contributed by atoms with Gasteiger partial charge in [-0.2, -0.15) is 0 Å². The van der Waals surface area contributed by atoms with Crippen molar-refractivity contribution >= 4 is 17.2 Å². The number of hydrogen-bond acceptors (Lipinski definition) is 5. The Morgan fingerprint density at radius 3 is 2.77 bits per heavy atom. The maximum Gasteiger partial charge on any atom is 0.314 e. The smallest absolute Gasteiger partial charge is 0.274 e. The van der Waals surface area contributed by atoms with Crippen molar-refractivity contribution in [1.29, 1.82) is 0 Å². The van der Waals surface area contributed by atoms with Crippen LogP contribution >= 0.6 is 11.3 Å². The molecule has 0 bridgehead atoms. The largest absolute Gasteiger partial charge is 0.314 e. The van der Waals surface area contributed by atoms with Gasteiger partial charge in [0.25, 0.3) is 0 Å². The van der Waals surface area contributed by atoms with Gasteiger partial charge in [-0.25, -0.2) is 15.1 Å². The molecule has 0 radical (unpaired) electrons. The molecule has 112 valence electrons. The third-order valence-corrected chi connectivity index (χ3v) is 3.73. The van der Waals surface area contributed by atoms with Crippen molar-refractivity contribution in [3.05, 3.63) is 53.7 Å². The van der Waals surface area contributed by atoms with Gasteiger partial charge >= 0.3 is 5.91 Å². The number of hydroxylamine groups is 1. The number of thiophene rings is 1. The van der Waals surface area contributed by atoms with Crippen LogP contribution in [-0.4, -0.2) is 27.3 Å². The first-order chi connectivity index (χ1) is 10.8. The summed E-state index contributed by atoms with van der Waals surface area (Å²) in [6, 6.07) is 13.5. The van der Waals surface area contributed by atoms with Crippen LogP contribution in [0.5, 0.6) is 0 Å². The summed E-state index contributed by atoms with van der Waals surface area (Å²) in [6.45, 7) is 2.16. The molecule has 1 amide bonds. The minimum absolute atomic E-state index is 0.0701. The maximum atomic E-state index is 12.0. The fourth-order valence-electron chi connectivity index (χ4n) is 1.91. The lowest BCUT2D eigenvalue weighted by atomic mass is 10.3. The molecule has 0 saturated carbocycles. The van der Waals surface area contributed by atoms with E-state index in [2.05, 4.69) is 15.6 Å². The second-order valence-corrected chi connectivity index (χ2v) is 5.30. The van der Waals surface area contributed by atoms with Gasteiger partial charge in [-0.3, -0.25) is 9.63 Å². The van der Waals surface area contributed by atoms with Crippen molar-refractivity contribution in [2.75, 3.05) is 6.61 Å². The minimum atomic E-state index is -0.464. The van der Waals surface area contributed by atoms with E-state index in [0.717, 1.165) is 10.6 Å². The van der Waals surface area contributed by atoms with Gasteiger partial charge < -0.3 is 0 Å². The molecule has 0 fully saturated rings. The Kier molecular flexibility index (Phi) is 4.27. The Morgan fingerprint density at radius 2 is 2.09 bits per heavy atom. The van der Waals surface area contributed by atoms with Gasteiger partial charge in [0.2, 0.25) is 5.82 Å². The highest BCUT2D eigenvalue weighted by molar-refractivity contribution is 7.13. The first-order valence-corrected chi connectivity index (χ1v) is 7.66. The van der Waals surface area contributed by atoms with Crippen LogP contribution in [0.3, 0.4) is 0 Å². The van der Waals surface area contributed by atoms with Crippen molar-refractivity contribution in [1.82, 2.24) is 20.2 Å². The van der Waals surface area contributed by atoms with Crippen LogP contribution in [0, 0.1) is 0 Å². The number of hydrogen-bond donors (Lipinski definition) is 1. The molecule has 0 unspecified atom stereocenters. The van der Waals surface area contributed by atoms with E-state index in [1.54, 1.807) is 22.9 Å². The zero-order chi connectivity index (χ0) is 15.4. The van der Waals surface area contributed by atoms with Crippen LogP contribution in [0.15, 0.2) is 47.8 Å². The molecule has 0 atom stereocenters. The quantitative estimate of drug-likeness (QED) is 0.735. The minimum Gasteiger partial charge on any atom is -0.274 e. The third-order valence-electron chi connectivity index (χ3n) is 2.86.